The first-order chi connectivity index (χ1) is 18.5. The van der Waals surface area contributed by atoms with Crippen molar-refractivity contribution in [3.05, 3.63) is 53.1 Å². The van der Waals surface area contributed by atoms with Crippen molar-refractivity contribution in [3.8, 4) is 23.0 Å². The van der Waals surface area contributed by atoms with Gasteiger partial charge in [0.1, 0.15) is 19.0 Å². The maximum absolute atomic E-state index is 13.3. The molecule has 4 rings (SSSR count). The zero-order valence-corrected chi connectivity index (χ0v) is 22.2. The summed E-state index contributed by atoms with van der Waals surface area (Å²) in [5, 5.41) is 11.4. The Morgan fingerprint density at radius 3 is 2.50 bits per heavy atom. The van der Waals surface area contributed by atoms with Gasteiger partial charge in [-0.25, -0.2) is 0 Å². The largest absolute Gasteiger partial charge is 0.507 e. The van der Waals surface area contributed by atoms with E-state index in [0.717, 1.165) is 19.3 Å². The van der Waals surface area contributed by atoms with Gasteiger partial charge in [-0.1, -0.05) is 25.8 Å². The predicted molar refractivity (Wildman–Crippen MR) is 141 cm³/mol. The molecule has 1 atom stereocenters. The molecular formula is C29H35NO8. The van der Waals surface area contributed by atoms with E-state index in [2.05, 4.69) is 6.92 Å². The number of aliphatic hydroxyl groups is 1. The van der Waals surface area contributed by atoms with E-state index in [1.165, 1.54) is 12.0 Å². The van der Waals surface area contributed by atoms with Crippen LogP contribution < -0.4 is 18.9 Å². The van der Waals surface area contributed by atoms with Gasteiger partial charge in [0, 0.05) is 19.2 Å². The molecule has 2 heterocycles. The molecule has 1 fully saturated rings. The van der Waals surface area contributed by atoms with Crippen molar-refractivity contribution >= 4 is 17.4 Å². The molecule has 204 valence electrons. The summed E-state index contributed by atoms with van der Waals surface area (Å²) in [6.07, 6.45) is 3.08. The number of unbranched alkanes of at least 4 members (excludes halogenated alkanes) is 2. The van der Waals surface area contributed by atoms with Crippen LogP contribution in [0.5, 0.6) is 23.0 Å². The molecule has 0 aliphatic carbocycles. The van der Waals surface area contributed by atoms with E-state index in [0.29, 0.717) is 60.6 Å². The second-order valence-electron chi connectivity index (χ2n) is 9.04. The van der Waals surface area contributed by atoms with Gasteiger partial charge in [0.05, 0.1) is 31.4 Å². The Bertz CT molecular complexity index is 1190. The SMILES string of the molecule is CCCCCOc1ccc(C2/C(=C(/O)c3ccc4c(c3)OCCO4)C(=O)C(=O)N2CCOC)cc1OCC. The molecule has 1 N–H and O–H groups in total. The van der Waals surface area contributed by atoms with Crippen LogP contribution in [-0.4, -0.2) is 68.4 Å². The Morgan fingerprint density at radius 2 is 1.76 bits per heavy atom. The average Bonchev–Trinajstić information content (AvgIpc) is 3.19. The number of amides is 1. The molecule has 0 spiro atoms. The minimum atomic E-state index is -0.841. The lowest BCUT2D eigenvalue weighted by atomic mass is 9.94. The van der Waals surface area contributed by atoms with E-state index in [1.54, 1.807) is 36.4 Å². The zero-order chi connectivity index (χ0) is 27.1. The predicted octanol–water partition coefficient (Wildman–Crippen LogP) is 4.49. The molecule has 9 heteroatoms. The molecule has 2 aromatic carbocycles. The summed E-state index contributed by atoms with van der Waals surface area (Å²) in [5.41, 5.74) is 0.954. The first-order valence-electron chi connectivity index (χ1n) is 13.1. The van der Waals surface area contributed by atoms with E-state index in [1.807, 2.05) is 6.92 Å². The summed E-state index contributed by atoms with van der Waals surface area (Å²) in [6.45, 7) is 6.19. The highest BCUT2D eigenvalue weighted by Crippen LogP contribution is 2.43. The third-order valence-corrected chi connectivity index (χ3v) is 6.48. The van der Waals surface area contributed by atoms with Gasteiger partial charge in [-0.3, -0.25) is 9.59 Å². The van der Waals surface area contributed by atoms with E-state index >= 15 is 0 Å². The van der Waals surface area contributed by atoms with Crippen molar-refractivity contribution in [1.29, 1.82) is 0 Å². The van der Waals surface area contributed by atoms with Gasteiger partial charge in [0.25, 0.3) is 11.7 Å². The fraction of sp³-hybridized carbons (Fsp3) is 0.448. The van der Waals surface area contributed by atoms with Crippen LogP contribution in [0, 0.1) is 0 Å². The first kappa shape index (κ1) is 27.3. The smallest absolute Gasteiger partial charge is 0.295 e. The average molecular weight is 526 g/mol. The molecule has 38 heavy (non-hydrogen) atoms. The maximum Gasteiger partial charge on any atom is 0.295 e. The van der Waals surface area contributed by atoms with E-state index in [9.17, 15) is 14.7 Å². The third kappa shape index (κ3) is 5.72. The lowest BCUT2D eigenvalue weighted by molar-refractivity contribution is -0.140. The Morgan fingerprint density at radius 1 is 0.974 bits per heavy atom. The van der Waals surface area contributed by atoms with Gasteiger partial charge in [0.2, 0.25) is 0 Å². The molecule has 2 aromatic rings. The van der Waals surface area contributed by atoms with Crippen LogP contribution in [0.2, 0.25) is 0 Å². The van der Waals surface area contributed by atoms with Gasteiger partial charge in [-0.2, -0.15) is 0 Å². The van der Waals surface area contributed by atoms with Crippen molar-refractivity contribution in [2.45, 2.75) is 39.2 Å². The summed E-state index contributed by atoms with van der Waals surface area (Å²) in [5.74, 6) is 0.364. The number of aliphatic hydroxyl groups excluding tert-OH is 1. The number of nitrogens with zero attached hydrogens (tertiary/aromatic N) is 1. The maximum atomic E-state index is 13.3. The van der Waals surface area contributed by atoms with E-state index in [4.69, 9.17) is 23.7 Å². The molecule has 2 aliphatic heterocycles. The van der Waals surface area contributed by atoms with Crippen LogP contribution >= 0.6 is 0 Å². The minimum absolute atomic E-state index is 0.0122. The number of ether oxygens (including phenoxy) is 5. The second-order valence-corrected chi connectivity index (χ2v) is 9.04. The monoisotopic (exact) mass is 525 g/mol. The number of rotatable bonds is 12. The number of methoxy groups -OCH3 is 1. The summed E-state index contributed by atoms with van der Waals surface area (Å²) < 4.78 is 28.2. The molecule has 1 saturated heterocycles. The Balaban J connectivity index is 1.77. The summed E-state index contributed by atoms with van der Waals surface area (Å²) in [6, 6.07) is 9.44. The molecule has 0 bridgehead atoms. The number of benzene rings is 2. The van der Waals surface area contributed by atoms with Crippen molar-refractivity contribution in [3.63, 3.8) is 0 Å². The fourth-order valence-corrected chi connectivity index (χ4v) is 4.61. The first-order valence-corrected chi connectivity index (χ1v) is 13.1. The number of carbonyl (C=O) groups excluding carboxylic acids is 2. The van der Waals surface area contributed by atoms with Crippen LogP contribution in [0.4, 0.5) is 0 Å². The number of likely N-dealkylation sites (tertiary alicyclic amines) is 1. The number of hydrogen-bond donors (Lipinski definition) is 1. The normalized spacial score (nSPS) is 18.1. The Hall–Kier alpha value is -3.72. The van der Waals surface area contributed by atoms with Crippen molar-refractivity contribution < 1.29 is 38.4 Å². The van der Waals surface area contributed by atoms with Gasteiger partial charge in [0.15, 0.2) is 23.0 Å². The Kier molecular flexibility index (Phi) is 9.12. The van der Waals surface area contributed by atoms with E-state index < -0.39 is 17.7 Å². The summed E-state index contributed by atoms with van der Waals surface area (Å²) in [7, 11) is 1.53. The molecule has 1 amide bonds. The number of hydrogen-bond acceptors (Lipinski definition) is 8. The van der Waals surface area contributed by atoms with Crippen LogP contribution in [0.1, 0.15) is 50.3 Å². The standard InChI is InChI=1S/C29H35NO8/c1-4-6-7-13-36-21-10-8-19(17-23(21)35-5-2)26-25(28(32)29(33)30(26)12-14-34-3)27(31)20-9-11-22-24(18-20)38-16-15-37-22/h8-11,17-18,26,31H,4-7,12-16H2,1-3H3/b27-25-. The summed E-state index contributed by atoms with van der Waals surface area (Å²) >= 11 is 0. The van der Waals surface area contributed by atoms with Crippen LogP contribution in [0.25, 0.3) is 5.76 Å². The van der Waals surface area contributed by atoms with Gasteiger partial charge in [-0.05, 0) is 49.2 Å². The fourth-order valence-electron chi connectivity index (χ4n) is 4.61. The number of Topliss-reactive ketones (excluding diaryl/α,β-unsaturated/α-hetero) is 1. The molecular weight excluding hydrogens is 490 g/mol. The highest BCUT2D eigenvalue weighted by Gasteiger charge is 2.46. The molecule has 9 nitrogen and oxygen atoms in total. The lowest BCUT2D eigenvalue weighted by Gasteiger charge is -2.26. The second kappa shape index (κ2) is 12.7. The molecule has 2 aliphatic rings. The number of carbonyl (C=O) groups is 2. The highest BCUT2D eigenvalue weighted by molar-refractivity contribution is 6.46. The number of ketones is 1. The number of fused-ring (bicyclic) bond motifs is 1. The van der Waals surface area contributed by atoms with E-state index in [-0.39, 0.29) is 24.5 Å². The zero-order valence-electron chi connectivity index (χ0n) is 22.2. The van der Waals surface area contributed by atoms with Gasteiger partial charge in [-0.15, -0.1) is 0 Å². The highest BCUT2D eigenvalue weighted by atomic mass is 16.6. The quantitative estimate of drug-likeness (QED) is 0.187. The lowest BCUT2D eigenvalue weighted by Crippen LogP contribution is -2.32. The molecule has 1 unspecified atom stereocenters. The third-order valence-electron chi connectivity index (χ3n) is 6.48. The van der Waals surface area contributed by atoms with Gasteiger partial charge >= 0.3 is 0 Å². The molecule has 0 saturated carbocycles. The molecule has 0 radical (unpaired) electrons. The van der Waals surface area contributed by atoms with Gasteiger partial charge < -0.3 is 33.7 Å². The van der Waals surface area contributed by atoms with Crippen LogP contribution in [-0.2, 0) is 14.3 Å². The van der Waals surface area contributed by atoms with Crippen molar-refractivity contribution in [2.75, 3.05) is 46.7 Å². The summed E-state index contributed by atoms with van der Waals surface area (Å²) in [4.78, 5) is 27.8. The van der Waals surface area contributed by atoms with Crippen LogP contribution in [0.15, 0.2) is 42.0 Å². The Labute approximate surface area is 222 Å². The minimum Gasteiger partial charge on any atom is -0.507 e. The topological polar surface area (TPSA) is 104 Å². The van der Waals surface area contributed by atoms with Crippen LogP contribution in [0.3, 0.4) is 0 Å². The molecule has 0 aromatic heterocycles. The van der Waals surface area contributed by atoms with Crippen molar-refractivity contribution in [1.82, 2.24) is 4.90 Å². The van der Waals surface area contributed by atoms with Crippen molar-refractivity contribution in [2.24, 2.45) is 0 Å².